The molecule has 5 heteroatoms. The van der Waals surface area contributed by atoms with Crippen molar-refractivity contribution < 1.29 is 8.78 Å². The Balaban J connectivity index is 2.52. The zero-order valence-corrected chi connectivity index (χ0v) is 6.34. The van der Waals surface area contributed by atoms with Crippen LogP contribution in [0.3, 0.4) is 0 Å². The number of thioether (sulfide) groups is 1. The second-order valence-electron chi connectivity index (χ2n) is 2.04. The molecule has 0 unspecified atom stereocenters. The minimum absolute atomic E-state index is 0.285. The van der Waals surface area contributed by atoms with Gasteiger partial charge in [0.2, 0.25) is 0 Å². The van der Waals surface area contributed by atoms with Gasteiger partial charge in [0.05, 0.1) is 6.54 Å². The first kappa shape index (κ1) is 7.78. The maximum atomic E-state index is 12.3. The molecule has 0 spiro atoms. The fourth-order valence-corrected chi connectivity index (χ4v) is 1.05. The first-order chi connectivity index (χ1) is 4.64. The molecule has 1 aliphatic heterocycles. The van der Waals surface area contributed by atoms with E-state index in [1.54, 1.807) is 6.26 Å². The van der Waals surface area contributed by atoms with Gasteiger partial charge in [-0.3, -0.25) is 4.99 Å². The quantitative estimate of drug-likeness (QED) is 0.579. The van der Waals surface area contributed by atoms with Crippen LogP contribution >= 0.6 is 11.8 Å². The maximum Gasteiger partial charge on any atom is 0.284 e. The molecule has 0 aromatic rings. The average molecular weight is 166 g/mol. The highest BCUT2D eigenvalue weighted by molar-refractivity contribution is 8.13. The predicted octanol–water partition coefficient (Wildman–Crippen LogP) is 0.944. The van der Waals surface area contributed by atoms with Gasteiger partial charge in [-0.15, -0.1) is 0 Å². The average Bonchev–Trinajstić information content (AvgIpc) is 1.88. The summed E-state index contributed by atoms with van der Waals surface area (Å²) in [7, 11) is 0. The molecule has 0 saturated carbocycles. The molecule has 2 nitrogen and oxygen atoms in total. The summed E-state index contributed by atoms with van der Waals surface area (Å²) in [5, 5.41) is 3.12. The standard InChI is InChI=1S/C5H8F2N2S/c1-10-4-8-2-5(6,7)3-9-4/h2-3H2,1H3,(H,8,9). The van der Waals surface area contributed by atoms with Gasteiger partial charge in [0.15, 0.2) is 5.17 Å². The van der Waals surface area contributed by atoms with Crippen molar-refractivity contribution in [3.8, 4) is 0 Å². The predicted molar refractivity (Wildman–Crippen MR) is 38.8 cm³/mol. The molecule has 0 aromatic heterocycles. The smallest absolute Gasteiger partial charge is 0.284 e. The fourth-order valence-electron chi connectivity index (χ4n) is 0.641. The molecule has 0 amide bonds. The largest absolute Gasteiger partial charge is 0.359 e. The van der Waals surface area contributed by atoms with Crippen LogP contribution in [0.15, 0.2) is 4.99 Å². The second kappa shape index (κ2) is 2.74. The van der Waals surface area contributed by atoms with E-state index in [1.807, 2.05) is 0 Å². The third-order valence-corrected chi connectivity index (χ3v) is 1.81. The normalized spacial score (nSPS) is 23.3. The van der Waals surface area contributed by atoms with Crippen LogP contribution in [0, 0.1) is 0 Å². The highest BCUT2D eigenvalue weighted by atomic mass is 32.2. The molecular weight excluding hydrogens is 158 g/mol. The molecule has 0 radical (unpaired) electrons. The van der Waals surface area contributed by atoms with Crippen LogP contribution in [-0.2, 0) is 0 Å². The molecule has 0 aromatic carbocycles. The third kappa shape index (κ3) is 1.83. The molecule has 1 heterocycles. The molecule has 0 bridgehead atoms. The molecule has 0 fully saturated rings. The number of hydrogen-bond donors (Lipinski definition) is 1. The Morgan fingerprint density at radius 3 is 2.80 bits per heavy atom. The van der Waals surface area contributed by atoms with Crippen LogP contribution in [-0.4, -0.2) is 30.4 Å². The highest BCUT2D eigenvalue weighted by Crippen LogP contribution is 2.16. The van der Waals surface area contributed by atoms with Crippen molar-refractivity contribution in [1.82, 2.24) is 5.32 Å². The third-order valence-electron chi connectivity index (χ3n) is 1.15. The topological polar surface area (TPSA) is 24.4 Å². The number of rotatable bonds is 0. The maximum absolute atomic E-state index is 12.3. The van der Waals surface area contributed by atoms with E-state index in [9.17, 15) is 8.78 Å². The van der Waals surface area contributed by atoms with Crippen LogP contribution < -0.4 is 5.32 Å². The zero-order chi connectivity index (χ0) is 7.61. The first-order valence-electron chi connectivity index (χ1n) is 2.84. The molecule has 1 aliphatic rings. The summed E-state index contributed by atoms with van der Waals surface area (Å²) in [6.07, 6.45) is 1.80. The summed E-state index contributed by atoms with van der Waals surface area (Å²) >= 11 is 1.35. The lowest BCUT2D eigenvalue weighted by Crippen LogP contribution is -2.42. The summed E-state index contributed by atoms with van der Waals surface area (Å²) in [6, 6.07) is 0. The molecule has 0 saturated heterocycles. The lowest BCUT2D eigenvalue weighted by molar-refractivity contribution is 0.0131. The Morgan fingerprint density at radius 1 is 1.70 bits per heavy atom. The van der Waals surface area contributed by atoms with Crippen LogP contribution in [0.4, 0.5) is 8.78 Å². The molecule has 1 rings (SSSR count). The molecule has 0 atom stereocenters. The van der Waals surface area contributed by atoms with E-state index in [4.69, 9.17) is 0 Å². The number of aliphatic imine (C=N–C) groups is 1. The van der Waals surface area contributed by atoms with Crippen LogP contribution in [0.5, 0.6) is 0 Å². The zero-order valence-electron chi connectivity index (χ0n) is 5.53. The number of alkyl halides is 2. The van der Waals surface area contributed by atoms with Gasteiger partial charge < -0.3 is 5.32 Å². The Hall–Kier alpha value is -0.320. The van der Waals surface area contributed by atoms with E-state index in [2.05, 4.69) is 10.3 Å². The van der Waals surface area contributed by atoms with E-state index >= 15 is 0 Å². The number of nitrogens with zero attached hydrogens (tertiary/aromatic N) is 1. The summed E-state index contributed by atoms with van der Waals surface area (Å²) < 4.78 is 24.7. The van der Waals surface area contributed by atoms with Crippen molar-refractivity contribution in [1.29, 1.82) is 0 Å². The first-order valence-corrected chi connectivity index (χ1v) is 4.07. The van der Waals surface area contributed by atoms with Crippen molar-refractivity contribution in [2.24, 2.45) is 4.99 Å². The molecule has 0 aliphatic carbocycles. The highest BCUT2D eigenvalue weighted by Gasteiger charge is 2.31. The molecule has 58 valence electrons. The van der Waals surface area contributed by atoms with E-state index < -0.39 is 5.92 Å². The SMILES string of the molecule is CSC1=NCC(F)(F)CN1. The van der Waals surface area contributed by atoms with Gasteiger partial charge in [-0.25, -0.2) is 8.78 Å². The number of hydrogen-bond acceptors (Lipinski definition) is 3. The molecule has 10 heavy (non-hydrogen) atoms. The van der Waals surface area contributed by atoms with Gasteiger partial charge in [-0.05, 0) is 6.26 Å². The van der Waals surface area contributed by atoms with Gasteiger partial charge in [-0.1, -0.05) is 11.8 Å². The van der Waals surface area contributed by atoms with Crippen molar-refractivity contribution in [3.63, 3.8) is 0 Å². The van der Waals surface area contributed by atoms with Crippen molar-refractivity contribution in [2.75, 3.05) is 19.3 Å². The van der Waals surface area contributed by atoms with Crippen molar-refractivity contribution in [2.45, 2.75) is 5.92 Å². The monoisotopic (exact) mass is 166 g/mol. The van der Waals surface area contributed by atoms with Crippen molar-refractivity contribution in [3.05, 3.63) is 0 Å². The second-order valence-corrected chi connectivity index (χ2v) is 2.83. The van der Waals surface area contributed by atoms with E-state index in [0.29, 0.717) is 5.17 Å². The van der Waals surface area contributed by atoms with Gasteiger partial charge in [0.1, 0.15) is 6.54 Å². The number of halogens is 2. The Morgan fingerprint density at radius 2 is 2.40 bits per heavy atom. The number of nitrogens with one attached hydrogen (secondary N) is 1. The lowest BCUT2D eigenvalue weighted by Gasteiger charge is -2.20. The van der Waals surface area contributed by atoms with Crippen LogP contribution in [0.1, 0.15) is 0 Å². The molecule has 1 N–H and O–H groups in total. The Labute approximate surface area is 62.1 Å². The summed E-state index contributed by atoms with van der Waals surface area (Å²) in [6.45, 7) is -0.664. The van der Waals surface area contributed by atoms with Gasteiger partial charge in [0.25, 0.3) is 5.92 Å². The lowest BCUT2D eigenvalue weighted by atomic mass is 10.3. The van der Waals surface area contributed by atoms with Crippen LogP contribution in [0.25, 0.3) is 0 Å². The summed E-state index contributed by atoms with van der Waals surface area (Å²) in [4.78, 5) is 3.62. The van der Waals surface area contributed by atoms with E-state index in [0.717, 1.165) is 0 Å². The fraction of sp³-hybridized carbons (Fsp3) is 0.800. The Bertz CT molecular complexity index is 158. The minimum atomic E-state index is -2.65. The Kier molecular flexibility index (Phi) is 2.13. The molecular formula is C5H8F2N2S. The number of amidine groups is 1. The van der Waals surface area contributed by atoms with Gasteiger partial charge >= 0.3 is 0 Å². The van der Waals surface area contributed by atoms with E-state index in [1.165, 1.54) is 11.8 Å². The summed E-state index contributed by atoms with van der Waals surface area (Å²) in [5.41, 5.74) is 0. The van der Waals surface area contributed by atoms with Crippen LogP contribution in [0.2, 0.25) is 0 Å². The van der Waals surface area contributed by atoms with Crippen molar-refractivity contribution >= 4 is 16.9 Å². The van der Waals surface area contributed by atoms with E-state index in [-0.39, 0.29) is 13.1 Å². The van der Waals surface area contributed by atoms with Gasteiger partial charge in [-0.2, -0.15) is 0 Å². The minimum Gasteiger partial charge on any atom is -0.359 e. The summed E-state index contributed by atoms with van der Waals surface area (Å²) in [5.74, 6) is -2.65. The van der Waals surface area contributed by atoms with Gasteiger partial charge in [0, 0.05) is 0 Å².